The molecule has 0 spiro atoms. The third-order valence-corrected chi connectivity index (χ3v) is 7.87. The number of thioether (sulfide) groups is 1. The molecule has 1 aromatic heterocycles. The zero-order valence-corrected chi connectivity index (χ0v) is 25.8. The Hall–Kier alpha value is -4.70. The van der Waals surface area contributed by atoms with E-state index in [4.69, 9.17) is 9.47 Å². The minimum Gasteiger partial charge on any atom is -0.463 e. The van der Waals surface area contributed by atoms with Gasteiger partial charge in [0.15, 0.2) is 0 Å². The van der Waals surface area contributed by atoms with E-state index in [2.05, 4.69) is 52.8 Å². The Morgan fingerprint density at radius 1 is 1.00 bits per heavy atom. The van der Waals surface area contributed by atoms with Crippen LogP contribution in [0, 0.1) is 10.1 Å². The summed E-state index contributed by atoms with van der Waals surface area (Å²) in [6.45, 7) is 5.43. The lowest BCUT2D eigenvalue weighted by molar-refractivity contribution is -0.384. The second-order valence-corrected chi connectivity index (χ2v) is 11.3. The predicted molar refractivity (Wildman–Crippen MR) is 172 cm³/mol. The summed E-state index contributed by atoms with van der Waals surface area (Å²) in [5.41, 5.74) is 5.25. The molecule has 0 amide bonds. The van der Waals surface area contributed by atoms with E-state index in [-0.39, 0.29) is 30.0 Å². The van der Waals surface area contributed by atoms with Crippen LogP contribution in [0.3, 0.4) is 0 Å². The number of hydrogen-bond donors (Lipinski definition) is 1. The highest BCUT2D eigenvalue weighted by molar-refractivity contribution is 7.99. The zero-order valence-electron chi connectivity index (χ0n) is 24.9. The summed E-state index contributed by atoms with van der Waals surface area (Å²) in [5.74, 6) is -0.764. The van der Waals surface area contributed by atoms with Gasteiger partial charge in [0.05, 0.1) is 28.6 Å². The number of carbonyl (C=O) groups is 2. The van der Waals surface area contributed by atoms with Crippen molar-refractivity contribution in [1.82, 2.24) is 10.3 Å². The zero-order chi connectivity index (χ0) is 31.5. The Morgan fingerprint density at radius 2 is 1.73 bits per heavy atom. The highest BCUT2D eigenvalue weighted by Gasteiger charge is 2.38. The molecule has 1 atom stereocenters. The van der Waals surface area contributed by atoms with Gasteiger partial charge in [-0.15, -0.1) is 0 Å². The summed E-state index contributed by atoms with van der Waals surface area (Å²) in [5, 5.41) is 14.6. The third-order valence-electron chi connectivity index (χ3n) is 6.99. The first-order valence-electron chi connectivity index (χ1n) is 14.3. The molecular weight excluding hydrogens is 578 g/mol. The number of aromatic nitrogens is 1. The number of non-ortho nitro benzene ring substituents is 1. The maximum absolute atomic E-state index is 13.4. The van der Waals surface area contributed by atoms with Crippen LogP contribution in [0.25, 0.3) is 6.08 Å². The van der Waals surface area contributed by atoms with Crippen molar-refractivity contribution in [1.29, 1.82) is 0 Å². The van der Waals surface area contributed by atoms with Crippen molar-refractivity contribution in [3.05, 3.63) is 134 Å². The van der Waals surface area contributed by atoms with Crippen molar-refractivity contribution in [3.63, 3.8) is 0 Å². The fourth-order valence-corrected chi connectivity index (χ4v) is 5.59. The lowest BCUT2D eigenvalue weighted by Crippen LogP contribution is -2.32. The van der Waals surface area contributed by atoms with Crippen molar-refractivity contribution in [2.75, 3.05) is 24.7 Å². The number of hydrogen-bond acceptors (Lipinski definition) is 9. The number of allylic oxidation sites excluding steroid dienone is 2. The van der Waals surface area contributed by atoms with Crippen LogP contribution in [0.5, 0.6) is 0 Å². The molecular formula is C34H35N3O6S. The molecule has 44 heavy (non-hydrogen) atoms. The minimum absolute atomic E-state index is 0.141. The second kappa shape index (κ2) is 15.7. The summed E-state index contributed by atoms with van der Waals surface area (Å²) in [7, 11) is 0. The minimum atomic E-state index is -0.881. The molecule has 1 unspecified atom stereocenters. The highest BCUT2D eigenvalue weighted by atomic mass is 32.2. The van der Waals surface area contributed by atoms with Gasteiger partial charge < -0.3 is 14.8 Å². The van der Waals surface area contributed by atoms with E-state index < -0.39 is 22.8 Å². The molecule has 0 fully saturated rings. The first-order valence-corrected chi connectivity index (χ1v) is 15.4. The van der Waals surface area contributed by atoms with Gasteiger partial charge >= 0.3 is 11.9 Å². The molecule has 4 rings (SSSR count). The molecule has 3 aromatic rings. The Bertz CT molecular complexity index is 1580. The number of esters is 2. The number of nitrogens with one attached hydrogen (secondary N) is 1. The van der Waals surface area contributed by atoms with Crippen LogP contribution < -0.4 is 5.32 Å². The van der Waals surface area contributed by atoms with Crippen LogP contribution in [-0.4, -0.2) is 46.6 Å². The molecule has 10 heteroatoms. The van der Waals surface area contributed by atoms with Gasteiger partial charge in [-0.05, 0) is 55.5 Å². The largest absolute Gasteiger partial charge is 0.463 e. The van der Waals surface area contributed by atoms with E-state index >= 15 is 0 Å². The molecule has 2 aromatic carbocycles. The number of nitrogens with zero attached hydrogens (tertiary/aromatic N) is 2. The average Bonchev–Trinajstić information content (AvgIpc) is 3.01. The average molecular weight is 614 g/mol. The van der Waals surface area contributed by atoms with Crippen LogP contribution in [0.15, 0.2) is 102 Å². The summed E-state index contributed by atoms with van der Waals surface area (Å²) >= 11 is 1.62. The fraction of sp³-hybridized carbons (Fsp3) is 0.265. The molecule has 0 bridgehead atoms. The Balaban J connectivity index is 1.35. The normalized spacial score (nSPS) is 14.8. The van der Waals surface area contributed by atoms with Crippen molar-refractivity contribution in [2.45, 2.75) is 33.1 Å². The molecule has 1 N–H and O–H groups in total. The van der Waals surface area contributed by atoms with E-state index in [1.807, 2.05) is 12.3 Å². The van der Waals surface area contributed by atoms with E-state index in [1.54, 1.807) is 44.8 Å². The maximum atomic E-state index is 13.4. The van der Waals surface area contributed by atoms with Gasteiger partial charge in [-0.2, -0.15) is 11.8 Å². The number of ether oxygens (including phenoxy) is 2. The second-order valence-electron chi connectivity index (χ2n) is 10.1. The van der Waals surface area contributed by atoms with Crippen molar-refractivity contribution in [2.24, 2.45) is 0 Å². The van der Waals surface area contributed by atoms with Crippen LogP contribution in [0.2, 0.25) is 0 Å². The SMILES string of the molecule is CCOC(=O)C1=C(C)NC(C)=C(C(=O)OCCSCC=Cc2ccc(Cc3cccnc3)cc2)C1c1cccc([N+](=O)[O-])c1. The number of nitro groups is 1. The Labute approximate surface area is 261 Å². The lowest BCUT2D eigenvalue weighted by Gasteiger charge is -2.30. The summed E-state index contributed by atoms with van der Waals surface area (Å²) in [6.07, 6.45) is 8.61. The van der Waals surface area contributed by atoms with Gasteiger partial charge in [-0.1, -0.05) is 54.6 Å². The van der Waals surface area contributed by atoms with Gasteiger partial charge in [-0.25, -0.2) is 9.59 Å². The molecule has 2 heterocycles. The highest BCUT2D eigenvalue weighted by Crippen LogP contribution is 2.40. The number of pyridine rings is 1. The molecule has 0 saturated heterocycles. The molecule has 1 aliphatic rings. The monoisotopic (exact) mass is 613 g/mol. The number of rotatable bonds is 13. The molecule has 1 aliphatic heterocycles. The molecule has 0 radical (unpaired) electrons. The third kappa shape index (κ3) is 8.44. The van der Waals surface area contributed by atoms with Gasteiger partial charge in [0.2, 0.25) is 0 Å². The van der Waals surface area contributed by atoms with E-state index in [1.165, 1.54) is 29.3 Å². The first kappa shape index (κ1) is 32.2. The molecule has 9 nitrogen and oxygen atoms in total. The number of carbonyl (C=O) groups excluding carboxylic acids is 2. The lowest BCUT2D eigenvalue weighted by atomic mass is 9.80. The van der Waals surface area contributed by atoms with Crippen molar-refractivity contribution >= 4 is 35.5 Å². The Kier molecular flexibility index (Phi) is 11.5. The Morgan fingerprint density at radius 3 is 2.39 bits per heavy atom. The van der Waals surface area contributed by atoms with Crippen LogP contribution in [-0.2, 0) is 25.5 Å². The van der Waals surface area contributed by atoms with E-state index in [0.717, 1.165) is 17.7 Å². The van der Waals surface area contributed by atoms with Crippen molar-refractivity contribution < 1.29 is 24.0 Å². The first-order chi connectivity index (χ1) is 21.3. The van der Waals surface area contributed by atoms with Gasteiger partial charge in [0.1, 0.15) is 6.61 Å². The van der Waals surface area contributed by atoms with E-state index in [0.29, 0.717) is 22.7 Å². The standard InChI is InChI=1S/C34H35N3O6S/c1-4-42-33(38)30-23(2)36-24(3)31(32(30)28-10-5-11-29(21-28)37(40)41)34(39)43-17-19-44-18-7-9-25-12-14-26(15-13-25)20-27-8-6-16-35-22-27/h5-16,21-22,32,36H,4,17-20H2,1-3H3. The fourth-order valence-electron chi connectivity index (χ4n) is 4.99. The number of dihydropyridines is 1. The maximum Gasteiger partial charge on any atom is 0.336 e. The topological polar surface area (TPSA) is 121 Å². The van der Waals surface area contributed by atoms with Gasteiger partial charge in [-0.3, -0.25) is 15.1 Å². The molecule has 0 saturated carbocycles. The summed E-state index contributed by atoms with van der Waals surface area (Å²) in [4.78, 5) is 41.5. The predicted octanol–water partition coefficient (Wildman–Crippen LogP) is 6.37. The smallest absolute Gasteiger partial charge is 0.336 e. The number of benzene rings is 2. The number of nitro benzene ring substituents is 1. The molecule has 0 aliphatic carbocycles. The molecule has 228 valence electrons. The summed E-state index contributed by atoms with van der Waals surface area (Å²) < 4.78 is 10.9. The van der Waals surface area contributed by atoms with Gasteiger partial charge in [0.25, 0.3) is 5.69 Å². The van der Waals surface area contributed by atoms with Crippen LogP contribution in [0.4, 0.5) is 5.69 Å². The van der Waals surface area contributed by atoms with Gasteiger partial charge in [0, 0.05) is 47.4 Å². The quantitative estimate of drug-likeness (QED) is 0.101. The van der Waals surface area contributed by atoms with E-state index in [9.17, 15) is 19.7 Å². The van der Waals surface area contributed by atoms with Crippen LogP contribution in [0.1, 0.15) is 48.9 Å². The van der Waals surface area contributed by atoms with Crippen molar-refractivity contribution in [3.8, 4) is 0 Å². The van der Waals surface area contributed by atoms with Crippen LogP contribution >= 0.6 is 11.8 Å². The summed E-state index contributed by atoms with van der Waals surface area (Å²) in [6, 6.07) is 18.3.